The van der Waals surface area contributed by atoms with Crippen molar-refractivity contribution >= 4 is 5.91 Å². The minimum absolute atomic E-state index is 0.177. The Morgan fingerprint density at radius 2 is 2.22 bits per heavy atom. The van der Waals surface area contributed by atoms with E-state index in [2.05, 4.69) is 24.1 Å². The highest BCUT2D eigenvalue weighted by Crippen LogP contribution is 2.03. The number of carbonyl (C=O) groups is 1. The summed E-state index contributed by atoms with van der Waals surface area (Å²) in [6, 6.07) is 6.20. The molecule has 0 bridgehead atoms. The average Bonchev–Trinajstić information content (AvgIpc) is 2.36. The van der Waals surface area contributed by atoms with E-state index in [1.807, 2.05) is 30.0 Å². The number of nitrogens with one attached hydrogen (secondary N) is 1. The van der Waals surface area contributed by atoms with Crippen molar-refractivity contribution in [3.63, 3.8) is 0 Å². The second kappa shape index (κ2) is 7.82. The standard InChI is InChI=1S/C14H23N3O/c1-4-17(11-13-7-5-6-9-16-13)14(18)8-10-15-12(2)3/h5-7,9,12,15H,4,8,10-11H2,1-3H3. The lowest BCUT2D eigenvalue weighted by atomic mass is 10.3. The van der Waals surface area contributed by atoms with Crippen LogP contribution in [0.15, 0.2) is 24.4 Å². The maximum atomic E-state index is 12.0. The van der Waals surface area contributed by atoms with Crippen LogP contribution in [0.5, 0.6) is 0 Å². The van der Waals surface area contributed by atoms with Gasteiger partial charge in [0.05, 0.1) is 12.2 Å². The Labute approximate surface area is 109 Å². The second-order valence-corrected chi connectivity index (χ2v) is 4.59. The molecule has 0 saturated carbocycles. The van der Waals surface area contributed by atoms with Crippen LogP contribution in [0.1, 0.15) is 32.9 Å². The highest BCUT2D eigenvalue weighted by molar-refractivity contribution is 5.76. The van der Waals surface area contributed by atoms with E-state index in [0.717, 1.165) is 18.8 Å². The molecule has 0 aliphatic rings. The molecule has 1 aromatic rings. The fraction of sp³-hybridized carbons (Fsp3) is 0.571. The number of carbonyl (C=O) groups excluding carboxylic acids is 1. The molecule has 0 radical (unpaired) electrons. The molecule has 0 atom stereocenters. The Hall–Kier alpha value is -1.42. The maximum absolute atomic E-state index is 12.0. The van der Waals surface area contributed by atoms with Crippen molar-refractivity contribution in [2.24, 2.45) is 0 Å². The molecule has 4 nitrogen and oxygen atoms in total. The van der Waals surface area contributed by atoms with Crippen molar-refractivity contribution in [3.05, 3.63) is 30.1 Å². The number of rotatable bonds is 7. The molecule has 1 heterocycles. The van der Waals surface area contributed by atoms with Gasteiger partial charge in [-0.25, -0.2) is 0 Å². The average molecular weight is 249 g/mol. The maximum Gasteiger partial charge on any atom is 0.224 e. The first-order valence-corrected chi connectivity index (χ1v) is 6.54. The molecular weight excluding hydrogens is 226 g/mol. The highest BCUT2D eigenvalue weighted by Gasteiger charge is 2.12. The summed E-state index contributed by atoms with van der Waals surface area (Å²) in [5.41, 5.74) is 0.935. The van der Waals surface area contributed by atoms with Gasteiger partial charge in [0.2, 0.25) is 5.91 Å². The summed E-state index contributed by atoms with van der Waals surface area (Å²) in [6.45, 7) is 8.20. The molecule has 0 saturated heterocycles. The zero-order valence-electron chi connectivity index (χ0n) is 11.5. The number of amides is 1. The summed E-state index contributed by atoms with van der Waals surface area (Å²) in [4.78, 5) is 18.1. The van der Waals surface area contributed by atoms with E-state index in [4.69, 9.17) is 0 Å². The molecule has 0 spiro atoms. The van der Waals surface area contributed by atoms with E-state index in [1.54, 1.807) is 6.20 Å². The van der Waals surface area contributed by atoms with Gasteiger partial charge in [-0.3, -0.25) is 9.78 Å². The minimum Gasteiger partial charge on any atom is -0.337 e. The quantitative estimate of drug-likeness (QED) is 0.801. The molecule has 0 unspecified atom stereocenters. The Morgan fingerprint density at radius 1 is 1.44 bits per heavy atom. The fourth-order valence-corrected chi connectivity index (χ4v) is 1.69. The number of aromatic nitrogens is 1. The van der Waals surface area contributed by atoms with Crippen molar-refractivity contribution in [3.8, 4) is 0 Å². The highest BCUT2D eigenvalue weighted by atomic mass is 16.2. The van der Waals surface area contributed by atoms with Gasteiger partial charge >= 0.3 is 0 Å². The van der Waals surface area contributed by atoms with Crippen molar-refractivity contribution in [2.45, 2.75) is 39.8 Å². The van der Waals surface area contributed by atoms with E-state index in [9.17, 15) is 4.79 Å². The number of hydrogen-bond acceptors (Lipinski definition) is 3. The normalized spacial score (nSPS) is 10.7. The molecule has 1 aromatic heterocycles. The van der Waals surface area contributed by atoms with Crippen LogP contribution in [0.2, 0.25) is 0 Å². The zero-order chi connectivity index (χ0) is 13.4. The topological polar surface area (TPSA) is 45.2 Å². The van der Waals surface area contributed by atoms with E-state index in [0.29, 0.717) is 19.0 Å². The Kier molecular flexibility index (Phi) is 6.36. The van der Waals surface area contributed by atoms with E-state index < -0.39 is 0 Å². The molecule has 1 rings (SSSR count). The molecule has 4 heteroatoms. The van der Waals surface area contributed by atoms with E-state index in [1.165, 1.54) is 0 Å². The van der Waals surface area contributed by atoms with Crippen molar-refractivity contribution < 1.29 is 4.79 Å². The summed E-state index contributed by atoms with van der Waals surface area (Å²) in [5.74, 6) is 0.177. The fourth-order valence-electron chi connectivity index (χ4n) is 1.69. The van der Waals surface area contributed by atoms with Gasteiger partial charge < -0.3 is 10.2 Å². The minimum atomic E-state index is 0.177. The predicted molar refractivity (Wildman–Crippen MR) is 73.1 cm³/mol. The molecular formula is C14H23N3O. The molecule has 18 heavy (non-hydrogen) atoms. The summed E-state index contributed by atoms with van der Waals surface area (Å²) >= 11 is 0. The van der Waals surface area contributed by atoms with Crippen LogP contribution in [-0.2, 0) is 11.3 Å². The van der Waals surface area contributed by atoms with Gasteiger partial charge in [0.25, 0.3) is 0 Å². The first-order valence-electron chi connectivity index (χ1n) is 6.54. The number of pyridine rings is 1. The molecule has 0 aliphatic heterocycles. The van der Waals surface area contributed by atoms with Crippen molar-refractivity contribution in [1.29, 1.82) is 0 Å². The van der Waals surface area contributed by atoms with Gasteiger partial charge in [-0.2, -0.15) is 0 Å². The van der Waals surface area contributed by atoms with Crippen LogP contribution in [0.25, 0.3) is 0 Å². The Bertz CT molecular complexity index is 351. The van der Waals surface area contributed by atoms with Crippen LogP contribution in [0.4, 0.5) is 0 Å². The largest absolute Gasteiger partial charge is 0.337 e. The molecule has 0 fully saturated rings. The molecule has 0 aromatic carbocycles. The second-order valence-electron chi connectivity index (χ2n) is 4.59. The molecule has 1 amide bonds. The zero-order valence-corrected chi connectivity index (χ0v) is 11.5. The van der Waals surface area contributed by atoms with Gasteiger partial charge in [0, 0.05) is 31.7 Å². The van der Waals surface area contributed by atoms with Gasteiger partial charge in [-0.05, 0) is 19.1 Å². The summed E-state index contributed by atoms with van der Waals surface area (Å²) < 4.78 is 0. The number of nitrogens with zero attached hydrogens (tertiary/aromatic N) is 2. The smallest absolute Gasteiger partial charge is 0.224 e. The van der Waals surface area contributed by atoms with Crippen LogP contribution < -0.4 is 5.32 Å². The predicted octanol–water partition coefficient (Wildman–Crippen LogP) is 1.82. The summed E-state index contributed by atoms with van der Waals surface area (Å²) in [5, 5.41) is 3.26. The van der Waals surface area contributed by atoms with E-state index in [-0.39, 0.29) is 5.91 Å². The van der Waals surface area contributed by atoms with E-state index >= 15 is 0 Å². The van der Waals surface area contributed by atoms with Crippen molar-refractivity contribution in [1.82, 2.24) is 15.2 Å². The van der Waals surface area contributed by atoms with Gasteiger partial charge in [-0.1, -0.05) is 19.9 Å². The SMILES string of the molecule is CCN(Cc1ccccn1)C(=O)CCNC(C)C. The number of hydrogen-bond donors (Lipinski definition) is 1. The first kappa shape index (κ1) is 14.6. The van der Waals surface area contributed by atoms with Crippen molar-refractivity contribution in [2.75, 3.05) is 13.1 Å². The molecule has 100 valence electrons. The van der Waals surface area contributed by atoms with Gasteiger partial charge in [-0.15, -0.1) is 0 Å². The third-order valence-corrected chi connectivity index (χ3v) is 2.70. The van der Waals surface area contributed by atoms with Crippen LogP contribution in [0.3, 0.4) is 0 Å². The monoisotopic (exact) mass is 249 g/mol. The first-order chi connectivity index (χ1) is 8.63. The van der Waals surface area contributed by atoms with Crippen LogP contribution >= 0.6 is 0 Å². The lowest BCUT2D eigenvalue weighted by Crippen LogP contribution is -2.34. The molecule has 0 aliphatic carbocycles. The van der Waals surface area contributed by atoms with Crippen LogP contribution in [0, 0.1) is 0 Å². The van der Waals surface area contributed by atoms with Crippen LogP contribution in [-0.4, -0.2) is 34.9 Å². The third-order valence-electron chi connectivity index (χ3n) is 2.70. The Morgan fingerprint density at radius 3 is 2.78 bits per heavy atom. The lowest BCUT2D eigenvalue weighted by molar-refractivity contribution is -0.131. The molecule has 1 N–H and O–H groups in total. The van der Waals surface area contributed by atoms with Gasteiger partial charge in [0.1, 0.15) is 0 Å². The Balaban J connectivity index is 2.43. The lowest BCUT2D eigenvalue weighted by Gasteiger charge is -2.21. The third kappa shape index (κ3) is 5.27. The summed E-state index contributed by atoms with van der Waals surface area (Å²) in [7, 11) is 0. The summed E-state index contributed by atoms with van der Waals surface area (Å²) in [6.07, 6.45) is 2.30. The van der Waals surface area contributed by atoms with Gasteiger partial charge in [0.15, 0.2) is 0 Å².